The molecule has 0 fully saturated rings. The highest BCUT2D eigenvalue weighted by molar-refractivity contribution is 7.14. The molecule has 2 heteroatoms. The summed E-state index contributed by atoms with van der Waals surface area (Å²) >= 11 is 1.86. The summed E-state index contributed by atoms with van der Waals surface area (Å²) < 4.78 is 0. The number of rotatable bonds is 1. The van der Waals surface area contributed by atoms with Crippen LogP contribution in [0.25, 0.3) is 6.08 Å². The van der Waals surface area contributed by atoms with Gasteiger partial charge in [-0.15, -0.1) is 11.3 Å². The minimum absolute atomic E-state index is 0.317. The van der Waals surface area contributed by atoms with Crippen LogP contribution in [0.3, 0.4) is 0 Å². The summed E-state index contributed by atoms with van der Waals surface area (Å²) in [5.74, 6) is 0.617. The molecule has 0 saturated heterocycles. The van der Waals surface area contributed by atoms with Crippen LogP contribution in [-0.2, 0) is 0 Å². The van der Waals surface area contributed by atoms with Crippen molar-refractivity contribution in [2.75, 3.05) is 0 Å². The van der Waals surface area contributed by atoms with Gasteiger partial charge in [0.2, 0.25) is 0 Å². The molecule has 2 rings (SSSR count). The van der Waals surface area contributed by atoms with E-state index in [0.29, 0.717) is 12.0 Å². The molecule has 0 aromatic carbocycles. The zero-order valence-electron chi connectivity index (χ0n) is 8.82. The molecule has 14 heavy (non-hydrogen) atoms. The van der Waals surface area contributed by atoms with Crippen molar-refractivity contribution in [3.8, 4) is 0 Å². The average molecular weight is 205 g/mol. The lowest BCUT2D eigenvalue weighted by molar-refractivity contribution is 0.889. The maximum Gasteiger partial charge on any atom is 0.0655 e. The normalized spacial score (nSPS) is 19.9. The summed E-state index contributed by atoms with van der Waals surface area (Å²) in [6.45, 7) is 6.57. The molecule has 1 aromatic rings. The van der Waals surface area contributed by atoms with Gasteiger partial charge in [0.25, 0.3) is 0 Å². The Morgan fingerprint density at radius 3 is 2.93 bits per heavy atom. The van der Waals surface area contributed by atoms with E-state index >= 15 is 0 Å². The molecule has 74 valence electrons. The lowest BCUT2D eigenvalue weighted by Gasteiger charge is -1.97. The third-order valence-electron chi connectivity index (χ3n) is 2.36. The monoisotopic (exact) mass is 205 g/mol. The van der Waals surface area contributed by atoms with Gasteiger partial charge in [0.15, 0.2) is 0 Å². The van der Waals surface area contributed by atoms with Crippen molar-refractivity contribution < 1.29 is 0 Å². The summed E-state index contributed by atoms with van der Waals surface area (Å²) in [5, 5.41) is 0. The van der Waals surface area contributed by atoms with Crippen molar-refractivity contribution in [3.63, 3.8) is 0 Å². The first-order chi connectivity index (χ1) is 6.66. The lowest BCUT2D eigenvalue weighted by atomic mass is 10.1. The smallest absolute Gasteiger partial charge is 0.0655 e. The predicted molar refractivity (Wildman–Crippen MR) is 64.5 cm³/mol. The predicted octanol–water partition coefficient (Wildman–Crippen LogP) is 3.71. The van der Waals surface area contributed by atoms with E-state index in [1.54, 1.807) is 0 Å². The van der Waals surface area contributed by atoms with E-state index in [2.05, 4.69) is 44.0 Å². The Morgan fingerprint density at radius 1 is 1.43 bits per heavy atom. The highest BCUT2D eigenvalue weighted by Gasteiger charge is 2.10. The number of aliphatic imine (C=N–C) groups is 1. The Kier molecular flexibility index (Phi) is 2.55. The minimum atomic E-state index is 0.317. The van der Waals surface area contributed by atoms with Gasteiger partial charge in [0, 0.05) is 11.1 Å². The van der Waals surface area contributed by atoms with Crippen LogP contribution < -0.4 is 0 Å². The third-order valence-corrected chi connectivity index (χ3v) is 3.75. The van der Waals surface area contributed by atoms with Crippen LogP contribution in [0.15, 0.2) is 17.1 Å². The topological polar surface area (TPSA) is 12.4 Å². The molecule has 2 heterocycles. The molecule has 0 radical (unpaired) electrons. The molecule has 0 amide bonds. The van der Waals surface area contributed by atoms with Gasteiger partial charge in [-0.2, -0.15) is 0 Å². The molecule has 0 N–H and O–H groups in total. The summed E-state index contributed by atoms with van der Waals surface area (Å²) in [4.78, 5) is 7.18. The number of hydrogen-bond donors (Lipinski definition) is 0. The molecule has 1 aliphatic heterocycles. The van der Waals surface area contributed by atoms with E-state index in [1.165, 1.54) is 15.3 Å². The van der Waals surface area contributed by atoms with Gasteiger partial charge in [-0.05, 0) is 24.5 Å². The largest absolute Gasteiger partial charge is 0.285 e. The molecular weight excluding hydrogens is 190 g/mol. The lowest BCUT2D eigenvalue weighted by Crippen LogP contribution is -1.89. The van der Waals surface area contributed by atoms with Crippen LogP contribution in [0.4, 0.5) is 0 Å². The molecule has 0 saturated carbocycles. The van der Waals surface area contributed by atoms with Crippen LogP contribution in [0.1, 0.15) is 42.0 Å². The van der Waals surface area contributed by atoms with Crippen LogP contribution in [0, 0.1) is 0 Å². The molecule has 0 spiro atoms. The third kappa shape index (κ3) is 1.80. The van der Waals surface area contributed by atoms with Gasteiger partial charge in [-0.25, -0.2) is 0 Å². The van der Waals surface area contributed by atoms with Crippen LogP contribution in [0.2, 0.25) is 0 Å². The van der Waals surface area contributed by atoms with E-state index < -0.39 is 0 Å². The Morgan fingerprint density at radius 2 is 2.21 bits per heavy atom. The van der Waals surface area contributed by atoms with Crippen molar-refractivity contribution in [1.82, 2.24) is 0 Å². The minimum Gasteiger partial charge on any atom is -0.285 e. The Hall–Kier alpha value is -0.890. The van der Waals surface area contributed by atoms with Crippen LogP contribution in [-0.4, -0.2) is 12.3 Å². The van der Waals surface area contributed by atoms with Crippen molar-refractivity contribution in [2.45, 2.75) is 32.7 Å². The van der Waals surface area contributed by atoms with Crippen LogP contribution >= 0.6 is 11.3 Å². The highest BCUT2D eigenvalue weighted by Crippen LogP contribution is 2.29. The molecule has 1 aromatic heterocycles. The standard InChI is InChI=1S/C12H15NS/c1-8(2)11-6-10-5-4-9(3)13-7-12(10)14-11/h4-9H,1-3H3. The first-order valence-electron chi connectivity index (χ1n) is 5.02. The maximum atomic E-state index is 4.44. The van der Waals surface area contributed by atoms with Crippen molar-refractivity contribution in [1.29, 1.82) is 0 Å². The SMILES string of the molecule is CC1C=Cc2cc(C(C)C)sc2C=N1. The van der Waals surface area contributed by atoms with Gasteiger partial charge in [0.1, 0.15) is 0 Å². The molecule has 0 aliphatic carbocycles. The summed E-state index contributed by atoms with van der Waals surface area (Å²) in [6, 6.07) is 2.60. The fourth-order valence-corrected chi connectivity index (χ4v) is 2.47. The van der Waals surface area contributed by atoms with E-state index in [4.69, 9.17) is 0 Å². The number of nitrogens with zero attached hydrogens (tertiary/aromatic N) is 1. The highest BCUT2D eigenvalue weighted by atomic mass is 32.1. The quantitative estimate of drug-likeness (QED) is 0.663. The van der Waals surface area contributed by atoms with Gasteiger partial charge < -0.3 is 0 Å². The van der Waals surface area contributed by atoms with Gasteiger partial charge in [0.05, 0.1) is 10.9 Å². The Labute approximate surface area is 89.2 Å². The second-order valence-corrected chi connectivity index (χ2v) is 5.12. The van der Waals surface area contributed by atoms with E-state index in [0.717, 1.165) is 0 Å². The molecular formula is C12H15NS. The second-order valence-electron chi connectivity index (χ2n) is 4.00. The average Bonchev–Trinajstić information content (AvgIpc) is 2.48. The number of fused-ring (bicyclic) bond motifs is 1. The van der Waals surface area contributed by atoms with Crippen molar-refractivity contribution in [3.05, 3.63) is 27.5 Å². The summed E-state index contributed by atoms with van der Waals surface area (Å²) in [7, 11) is 0. The fourth-order valence-electron chi connectivity index (χ4n) is 1.43. The van der Waals surface area contributed by atoms with Crippen molar-refractivity contribution >= 4 is 23.6 Å². The number of hydrogen-bond acceptors (Lipinski definition) is 2. The van der Waals surface area contributed by atoms with E-state index in [-0.39, 0.29) is 0 Å². The van der Waals surface area contributed by atoms with Crippen LogP contribution in [0.5, 0.6) is 0 Å². The molecule has 1 atom stereocenters. The van der Waals surface area contributed by atoms with Gasteiger partial charge in [-0.3, -0.25) is 4.99 Å². The first kappa shape index (κ1) is 9.66. The van der Waals surface area contributed by atoms with Gasteiger partial charge in [-0.1, -0.05) is 26.0 Å². The maximum absolute atomic E-state index is 4.44. The first-order valence-corrected chi connectivity index (χ1v) is 5.83. The summed E-state index contributed by atoms with van der Waals surface area (Å²) in [5.41, 5.74) is 1.33. The zero-order chi connectivity index (χ0) is 10.1. The number of thiophene rings is 1. The van der Waals surface area contributed by atoms with E-state index in [9.17, 15) is 0 Å². The Bertz CT molecular complexity index is 354. The molecule has 0 bridgehead atoms. The molecule has 1 aliphatic rings. The molecule has 1 nitrogen and oxygen atoms in total. The summed E-state index contributed by atoms with van der Waals surface area (Å²) in [6.07, 6.45) is 6.35. The zero-order valence-corrected chi connectivity index (χ0v) is 9.64. The Balaban J connectivity index is 2.41. The van der Waals surface area contributed by atoms with Crippen molar-refractivity contribution in [2.24, 2.45) is 4.99 Å². The van der Waals surface area contributed by atoms with Gasteiger partial charge >= 0.3 is 0 Å². The van der Waals surface area contributed by atoms with E-state index in [1.807, 2.05) is 17.6 Å². The molecule has 1 unspecified atom stereocenters. The second kappa shape index (κ2) is 3.70. The fraction of sp³-hybridized carbons (Fsp3) is 0.417.